The number of hydrogen-bond donors (Lipinski definition) is 1. The molecule has 0 radical (unpaired) electrons. The van der Waals surface area contributed by atoms with Crippen molar-refractivity contribution >= 4 is 17.7 Å². The Morgan fingerprint density at radius 2 is 1.61 bits per heavy atom. The zero-order chi connectivity index (χ0) is 25.3. The molecule has 3 aromatic rings. The van der Waals surface area contributed by atoms with Gasteiger partial charge >= 0.3 is 12.1 Å². The fraction of sp³-hybridized carbons (Fsp3) is 0.129. The van der Waals surface area contributed by atoms with Crippen LogP contribution in [0.4, 0.5) is 10.5 Å². The number of nitrogens with one attached hydrogen (secondary N) is 1. The standard InChI is InChI=1S/C31H27NO4/c1-3-9-22(2)10-8-19-35-30(33)20-23-15-17-24(18-16-23)32-31(34)36-21-29-27-13-6-4-11-25(27)26-12-5-7-14-28(26)29/h4-19,29H,1,20-21H2,2H3,(H,32,34)/b19-8+,22-10-. The zero-order valence-electron chi connectivity index (χ0n) is 20.1. The molecule has 0 spiro atoms. The minimum absolute atomic E-state index is 0.00319. The predicted molar refractivity (Wildman–Crippen MR) is 142 cm³/mol. The minimum atomic E-state index is -0.524. The normalized spacial score (nSPS) is 12.4. The third-order valence-electron chi connectivity index (χ3n) is 5.86. The van der Waals surface area contributed by atoms with E-state index < -0.39 is 6.09 Å². The lowest BCUT2D eigenvalue weighted by atomic mass is 9.98. The zero-order valence-corrected chi connectivity index (χ0v) is 20.1. The molecule has 1 aliphatic rings. The van der Waals surface area contributed by atoms with Crippen LogP contribution >= 0.6 is 0 Å². The van der Waals surface area contributed by atoms with Crippen LogP contribution in [0.1, 0.15) is 29.5 Å². The number of esters is 1. The number of hydrogen-bond acceptors (Lipinski definition) is 4. The molecule has 0 atom stereocenters. The van der Waals surface area contributed by atoms with E-state index in [9.17, 15) is 9.59 Å². The van der Waals surface area contributed by atoms with E-state index in [2.05, 4.69) is 41.9 Å². The summed E-state index contributed by atoms with van der Waals surface area (Å²) in [6.45, 7) is 5.64. The quantitative estimate of drug-likeness (QED) is 0.165. The molecule has 4 rings (SSSR count). The average Bonchev–Trinajstić information content (AvgIpc) is 3.20. The smallest absolute Gasteiger partial charge is 0.411 e. The maximum atomic E-state index is 12.5. The third kappa shape index (κ3) is 6.09. The number of fused-ring (bicyclic) bond motifs is 3. The van der Waals surface area contributed by atoms with Gasteiger partial charge in [0.25, 0.3) is 0 Å². The van der Waals surface area contributed by atoms with E-state index >= 15 is 0 Å². The van der Waals surface area contributed by atoms with E-state index in [-0.39, 0.29) is 24.9 Å². The number of carbonyl (C=O) groups is 2. The molecule has 1 aliphatic carbocycles. The molecular weight excluding hydrogens is 450 g/mol. The Hall–Kier alpha value is -4.60. The van der Waals surface area contributed by atoms with Crippen LogP contribution < -0.4 is 5.32 Å². The average molecular weight is 478 g/mol. The Kier molecular flexibility index (Phi) is 7.97. The molecule has 180 valence electrons. The maximum absolute atomic E-state index is 12.5. The fourth-order valence-electron chi connectivity index (χ4n) is 4.18. The molecule has 0 heterocycles. The summed E-state index contributed by atoms with van der Waals surface area (Å²) in [5.74, 6) is -0.378. The van der Waals surface area contributed by atoms with Crippen molar-refractivity contribution in [2.75, 3.05) is 11.9 Å². The van der Waals surface area contributed by atoms with Crippen molar-refractivity contribution in [3.8, 4) is 11.1 Å². The Bertz CT molecular complexity index is 1320. The fourth-order valence-corrected chi connectivity index (χ4v) is 4.18. The molecule has 0 saturated heterocycles. The van der Waals surface area contributed by atoms with Crippen LogP contribution in [0.3, 0.4) is 0 Å². The number of benzene rings is 3. The van der Waals surface area contributed by atoms with Gasteiger partial charge in [-0.2, -0.15) is 0 Å². The van der Waals surface area contributed by atoms with Crippen LogP contribution in [-0.4, -0.2) is 18.7 Å². The van der Waals surface area contributed by atoms with Gasteiger partial charge < -0.3 is 9.47 Å². The number of anilines is 1. The van der Waals surface area contributed by atoms with Gasteiger partial charge in [0.1, 0.15) is 6.61 Å². The van der Waals surface area contributed by atoms with Crippen LogP contribution in [0.15, 0.2) is 115 Å². The molecule has 0 aromatic heterocycles. The number of carbonyl (C=O) groups excluding carboxylic acids is 2. The molecule has 5 nitrogen and oxygen atoms in total. The number of amides is 1. The van der Waals surface area contributed by atoms with Crippen LogP contribution in [0.2, 0.25) is 0 Å². The van der Waals surface area contributed by atoms with E-state index in [0.29, 0.717) is 5.69 Å². The summed E-state index contributed by atoms with van der Waals surface area (Å²) < 4.78 is 10.7. The van der Waals surface area contributed by atoms with Gasteiger partial charge in [-0.15, -0.1) is 5.73 Å². The lowest BCUT2D eigenvalue weighted by Gasteiger charge is -2.14. The number of allylic oxidation sites excluding steroid dienone is 4. The van der Waals surface area contributed by atoms with Crippen LogP contribution in [-0.2, 0) is 20.7 Å². The molecule has 1 amide bonds. The topological polar surface area (TPSA) is 64.6 Å². The van der Waals surface area contributed by atoms with Crippen LogP contribution in [0.5, 0.6) is 0 Å². The first kappa shape index (κ1) is 24.5. The van der Waals surface area contributed by atoms with Crippen molar-refractivity contribution in [2.24, 2.45) is 0 Å². The van der Waals surface area contributed by atoms with E-state index in [1.165, 1.54) is 17.4 Å². The minimum Gasteiger partial charge on any atom is -0.448 e. The Balaban J connectivity index is 1.28. The van der Waals surface area contributed by atoms with Crippen LogP contribution in [0, 0.1) is 0 Å². The highest BCUT2D eigenvalue weighted by molar-refractivity contribution is 5.85. The Labute approximate surface area is 211 Å². The largest absolute Gasteiger partial charge is 0.448 e. The molecule has 1 N–H and O–H groups in total. The summed E-state index contributed by atoms with van der Waals surface area (Å²) >= 11 is 0. The van der Waals surface area contributed by atoms with Gasteiger partial charge in [0.15, 0.2) is 0 Å². The van der Waals surface area contributed by atoms with Crippen molar-refractivity contribution in [3.63, 3.8) is 0 Å². The third-order valence-corrected chi connectivity index (χ3v) is 5.86. The molecule has 36 heavy (non-hydrogen) atoms. The van der Waals surface area contributed by atoms with Gasteiger partial charge in [0, 0.05) is 11.6 Å². The van der Waals surface area contributed by atoms with Crippen molar-refractivity contribution in [3.05, 3.63) is 132 Å². The maximum Gasteiger partial charge on any atom is 0.411 e. The second-order valence-electron chi connectivity index (χ2n) is 8.40. The first-order valence-electron chi connectivity index (χ1n) is 11.6. The Morgan fingerprint density at radius 1 is 0.972 bits per heavy atom. The summed E-state index contributed by atoms with van der Waals surface area (Å²) in [7, 11) is 0. The van der Waals surface area contributed by atoms with Gasteiger partial charge in [-0.1, -0.05) is 73.3 Å². The van der Waals surface area contributed by atoms with Crippen molar-refractivity contribution in [1.82, 2.24) is 0 Å². The monoisotopic (exact) mass is 477 g/mol. The van der Waals surface area contributed by atoms with E-state index in [0.717, 1.165) is 22.3 Å². The first-order valence-corrected chi connectivity index (χ1v) is 11.6. The molecule has 0 saturated carbocycles. The molecule has 0 fully saturated rings. The van der Waals surface area contributed by atoms with Gasteiger partial charge in [-0.3, -0.25) is 10.1 Å². The number of rotatable bonds is 8. The molecule has 3 aromatic carbocycles. The van der Waals surface area contributed by atoms with E-state index in [1.807, 2.05) is 31.2 Å². The van der Waals surface area contributed by atoms with E-state index in [1.54, 1.807) is 42.5 Å². The molecule has 0 unspecified atom stereocenters. The van der Waals surface area contributed by atoms with Gasteiger partial charge in [0.05, 0.1) is 12.7 Å². The predicted octanol–water partition coefficient (Wildman–Crippen LogP) is 6.93. The molecular formula is C31H27NO4. The molecule has 0 aliphatic heterocycles. The summed E-state index contributed by atoms with van der Waals surface area (Å²) in [6.07, 6.45) is 6.09. The summed E-state index contributed by atoms with van der Waals surface area (Å²) in [5.41, 5.74) is 9.67. The highest BCUT2D eigenvalue weighted by atomic mass is 16.5. The summed E-state index contributed by atoms with van der Waals surface area (Å²) in [5, 5.41) is 2.75. The molecule has 5 heteroatoms. The van der Waals surface area contributed by atoms with Crippen molar-refractivity contribution < 1.29 is 19.1 Å². The lowest BCUT2D eigenvalue weighted by molar-refractivity contribution is -0.137. The van der Waals surface area contributed by atoms with Gasteiger partial charge in [-0.05, 0) is 64.6 Å². The SMILES string of the molecule is C=C=C/C(C)=C\C=C\OC(=O)Cc1ccc(NC(=O)OCC2c3ccccc3-c3ccccc32)cc1. The van der Waals surface area contributed by atoms with Gasteiger partial charge in [-0.25, -0.2) is 4.79 Å². The summed E-state index contributed by atoms with van der Waals surface area (Å²) in [6, 6.07) is 23.4. The van der Waals surface area contributed by atoms with E-state index in [4.69, 9.17) is 9.47 Å². The lowest BCUT2D eigenvalue weighted by Crippen LogP contribution is -2.17. The number of ether oxygens (including phenoxy) is 2. The Morgan fingerprint density at radius 3 is 2.25 bits per heavy atom. The second-order valence-corrected chi connectivity index (χ2v) is 8.40. The summed E-state index contributed by atoms with van der Waals surface area (Å²) in [4.78, 5) is 24.5. The molecule has 0 bridgehead atoms. The van der Waals surface area contributed by atoms with Crippen molar-refractivity contribution in [1.29, 1.82) is 0 Å². The van der Waals surface area contributed by atoms with Crippen molar-refractivity contribution in [2.45, 2.75) is 19.3 Å². The first-order chi connectivity index (χ1) is 17.5. The van der Waals surface area contributed by atoms with Gasteiger partial charge in [0.2, 0.25) is 0 Å². The highest BCUT2D eigenvalue weighted by Gasteiger charge is 2.28. The highest BCUT2D eigenvalue weighted by Crippen LogP contribution is 2.44. The second kappa shape index (κ2) is 11.7. The van der Waals surface area contributed by atoms with Crippen LogP contribution in [0.25, 0.3) is 11.1 Å².